The summed E-state index contributed by atoms with van der Waals surface area (Å²) in [7, 11) is 1.70. The maximum atomic E-state index is 13.4. The largest absolute Gasteiger partial charge is 0.497 e. The Morgan fingerprint density at radius 2 is 1.56 bits per heavy atom. The molecule has 6 heteroatoms. The zero-order valence-electron chi connectivity index (χ0n) is 23.9. The average Bonchev–Trinajstić information content (AvgIpc) is 2.96. The topological polar surface area (TPSA) is 36.0 Å². The van der Waals surface area contributed by atoms with Gasteiger partial charge in [-0.25, -0.2) is 4.39 Å². The van der Waals surface area contributed by atoms with Crippen LogP contribution in [0.2, 0.25) is 0 Å². The van der Waals surface area contributed by atoms with Gasteiger partial charge in [0.15, 0.2) is 0 Å². The average molecular weight is 532 g/mol. The van der Waals surface area contributed by atoms with Gasteiger partial charge in [-0.1, -0.05) is 36.4 Å². The van der Waals surface area contributed by atoms with E-state index in [1.54, 1.807) is 19.2 Å². The van der Waals surface area contributed by atoms with E-state index in [-0.39, 0.29) is 17.6 Å². The molecule has 1 heterocycles. The van der Waals surface area contributed by atoms with Crippen LogP contribution in [0.4, 0.5) is 4.39 Å². The Balaban J connectivity index is 1.55. The van der Waals surface area contributed by atoms with Crippen LogP contribution >= 0.6 is 0 Å². The number of piperazine rings is 1. The number of carbonyl (C=O) groups excluding carboxylic acids is 1. The summed E-state index contributed by atoms with van der Waals surface area (Å²) in [6.45, 7) is 13.6. The highest BCUT2D eigenvalue weighted by atomic mass is 19.1. The number of nitrogens with zero attached hydrogens (tertiary/aromatic N) is 3. The first kappa shape index (κ1) is 28.8. The van der Waals surface area contributed by atoms with Crippen molar-refractivity contribution in [3.05, 3.63) is 101 Å². The predicted molar refractivity (Wildman–Crippen MR) is 156 cm³/mol. The molecule has 3 aromatic rings. The number of hydrogen-bond donors (Lipinski definition) is 0. The highest BCUT2D eigenvalue weighted by Crippen LogP contribution is 2.31. The third-order valence-corrected chi connectivity index (χ3v) is 8.07. The van der Waals surface area contributed by atoms with Gasteiger partial charge in [0.2, 0.25) is 0 Å². The number of methoxy groups -OCH3 is 1. The minimum atomic E-state index is -0.195. The maximum Gasteiger partial charge on any atom is 0.253 e. The van der Waals surface area contributed by atoms with E-state index in [0.717, 1.165) is 43.1 Å². The van der Waals surface area contributed by atoms with Crippen molar-refractivity contribution in [2.45, 2.75) is 52.2 Å². The third-order valence-electron chi connectivity index (χ3n) is 8.07. The quantitative estimate of drug-likeness (QED) is 0.319. The first-order valence-corrected chi connectivity index (χ1v) is 14.1. The Morgan fingerprint density at radius 3 is 2.21 bits per heavy atom. The van der Waals surface area contributed by atoms with E-state index in [4.69, 9.17) is 4.74 Å². The second-order valence-electron chi connectivity index (χ2n) is 10.6. The molecule has 1 amide bonds. The van der Waals surface area contributed by atoms with Crippen LogP contribution in [0.15, 0.2) is 72.8 Å². The van der Waals surface area contributed by atoms with Crippen LogP contribution in [-0.4, -0.2) is 72.5 Å². The van der Waals surface area contributed by atoms with Crippen molar-refractivity contribution in [2.75, 3.05) is 39.8 Å². The van der Waals surface area contributed by atoms with Crippen molar-refractivity contribution >= 4 is 5.91 Å². The van der Waals surface area contributed by atoms with Gasteiger partial charge in [0.25, 0.3) is 5.91 Å². The van der Waals surface area contributed by atoms with Gasteiger partial charge in [0.1, 0.15) is 11.6 Å². The fraction of sp³-hybridized carbons (Fsp3) is 0.424. The van der Waals surface area contributed by atoms with Crippen molar-refractivity contribution in [3.8, 4) is 5.75 Å². The molecule has 1 aliphatic heterocycles. The molecule has 1 saturated heterocycles. The van der Waals surface area contributed by atoms with E-state index < -0.39 is 0 Å². The van der Waals surface area contributed by atoms with E-state index in [2.05, 4.69) is 47.9 Å². The number of benzene rings is 3. The van der Waals surface area contributed by atoms with Gasteiger partial charge in [-0.3, -0.25) is 14.6 Å². The van der Waals surface area contributed by atoms with Crippen molar-refractivity contribution in [3.63, 3.8) is 0 Å². The van der Waals surface area contributed by atoms with Crippen LogP contribution in [0.25, 0.3) is 0 Å². The molecule has 0 spiro atoms. The lowest BCUT2D eigenvalue weighted by Crippen LogP contribution is -2.56. The smallest absolute Gasteiger partial charge is 0.253 e. The minimum Gasteiger partial charge on any atom is -0.497 e. The van der Waals surface area contributed by atoms with Gasteiger partial charge in [0, 0.05) is 62.8 Å². The van der Waals surface area contributed by atoms with Crippen LogP contribution in [0.1, 0.15) is 60.7 Å². The molecule has 0 N–H and O–H groups in total. The van der Waals surface area contributed by atoms with Crippen molar-refractivity contribution < 1.29 is 13.9 Å². The summed E-state index contributed by atoms with van der Waals surface area (Å²) in [6.07, 6.45) is 0. The molecule has 0 saturated carbocycles. The summed E-state index contributed by atoms with van der Waals surface area (Å²) >= 11 is 0. The Morgan fingerprint density at radius 1 is 0.923 bits per heavy atom. The molecule has 0 unspecified atom stereocenters. The number of hydrogen-bond acceptors (Lipinski definition) is 4. The Kier molecular flexibility index (Phi) is 9.76. The molecular weight excluding hydrogens is 489 g/mol. The fourth-order valence-electron chi connectivity index (χ4n) is 5.62. The molecule has 1 fully saturated rings. The number of halogens is 1. The van der Waals surface area contributed by atoms with Crippen LogP contribution in [0, 0.1) is 5.82 Å². The van der Waals surface area contributed by atoms with E-state index >= 15 is 0 Å². The monoisotopic (exact) mass is 531 g/mol. The van der Waals surface area contributed by atoms with Gasteiger partial charge >= 0.3 is 0 Å². The number of rotatable bonds is 10. The molecule has 0 aliphatic carbocycles. The first-order valence-electron chi connectivity index (χ1n) is 14.1. The molecule has 1 aliphatic rings. The van der Waals surface area contributed by atoms with Crippen LogP contribution in [-0.2, 0) is 6.54 Å². The van der Waals surface area contributed by atoms with Crippen molar-refractivity contribution in [1.29, 1.82) is 0 Å². The lowest BCUT2D eigenvalue weighted by molar-refractivity contribution is 0.0359. The summed E-state index contributed by atoms with van der Waals surface area (Å²) in [6, 6.07) is 24.0. The predicted octanol–water partition coefficient (Wildman–Crippen LogP) is 6.04. The molecule has 3 atom stereocenters. The number of ether oxygens (including phenoxy) is 1. The van der Waals surface area contributed by atoms with Crippen LogP contribution < -0.4 is 4.74 Å². The van der Waals surface area contributed by atoms with E-state index in [1.165, 1.54) is 11.1 Å². The van der Waals surface area contributed by atoms with Gasteiger partial charge < -0.3 is 9.64 Å². The van der Waals surface area contributed by atoms with E-state index in [1.807, 2.05) is 55.1 Å². The highest BCUT2D eigenvalue weighted by Gasteiger charge is 2.31. The molecule has 3 aromatic carbocycles. The summed E-state index contributed by atoms with van der Waals surface area (Å²) in [5.41, 5.74) is 4.25. The Bertz CT molecular complexity index is 1210. The van der Waals surface area contributed by atoms with E-state index in [0.29, 0.717) is 25.2 Å². The van der Waals surface area contributed by atoms with Gasteiger partial charge in [-0.15, -0.1) is 0 Å². The molecule has 0 aromatic heterocycles. The Labute approximate surface area is 233 Å². The maximum absolute atomic E-state index is 13.4. The summed E-state index contributed by atoms with van der Waals surface area (Å²) in [4.78, 5) is 19.8. The standard InChI is InChI=1S/C33H42FN3O2/c1-6-35(7-2)33(38)28-15-13-27(14-16-28)32(29-9-8-10-31(19-29)39-5)23-37-21-24(3)36(20-25(37)4)22-26-11-17-30(34)18-12-26/h8-19,24-25,32H,6-7,20-23H2,1-5H3/t24-,25+,32-/m1/s1. The summed E-state index contributed by atoms with van der Waals surface area (Å²) in [5, 5.41) is 0. The Hall–Kier alpha value is -3.22. The van der Waals surface area contributed by atoms with Gasteiger partial charge in [-0.2, -0.15) is 0 Å². The first-order chi connectivity index (χ1) is 18.8. The molecule has 0 bridgehead atoms. The molecular formula is C33H42FN3O2. The van der Waals surface area contributed by atoms with Crippen molar-refractivity contribution in [2.24, 2.45) is 0 Å². The van der Waals surface area contributed by atoms with Gasteiger partial charge in [-0.05, 0) is 80.8 Å². The number of carbonyl (C=O) groups is 1. The molecule has 5 nitrogen and oxygen atoms in total. The molecule has 39 heavy (non-hydrogen) atoms. The summed E-state index contributed by atoms with van der Waals surface area (Å²) < 4.78 is 18.9. The fourth-order valence-corrected chi connectivity index (χ4v) is 5.62. The molecule has 4 rings (SSSR count). The molecule has 208 valence electrons. The lowest BCUT2D eigenvalue weighted by atomic mass is 9.89. The van der Waals surface area contributed by atoms with E-state index in [9.17, 15) is 9.18 Å². The third kappa shape index (κ3) is 7.06. The SMILES string of the molecule is CCN(CC)C(=O)c1ccc([C@@H](CN2C[C@@H](C)N(Cc3ccc(F)cc3)C[C@@H]2C)c2cccc(OC)c2)cc1. The van der Waals surface area contributed by atoms with Crippen molar-refractivity contribution in [1.82, 2.24) is 14.7 Å². The van der Waals surface area contributed by atoms with Gasteiger partial charge in [0.05, 0.1) is 7.11 Å². The second-order valence-corrected chi connectivity index (χ2v) is 10.6. The lowest BCUT2D eigenvalue weighted by Gasteiger charge is -2.45. The zero-order chi connectivity index (χ0) is 27.9. The normalized spacial score (nSPS) is 19.0. The minimum absolute atomic E-state index is 0.0733. The number of amides is 1. The van der Waals surface area contributed by atoms with Crippen LogP contribution in [0.5, 0.6) is 5.75 Å². The second kappa shape index (κ2) is 13.2. The molecule has 0 radical (unpaired) electrons. The zero-order valence-corrected chi connectivity index (χ0v) is 23.9. The summed E-state index contributed by atoms with van der Waals surface area (Å²) in [5.74, 6) is 0.857. The highest BCUT2D eigenvalue weighted by molar-refractivity contribution is 5.94. The van der Waals surface area contributed by atoms with Crippen LogP contribution in [0.3, 0.4) is 0 Å².